The summed E-state index contributed by atoms with van der Waals surface area (Å²) in [4.78, 5) is 41.0. The predicted molar refractivity (Wildman–Crippen MR) is 174 cm³/mol. The lowest BCUT2D eigenvalue weighted by atomic mass is 9.32. The lowest BCUT2D eigenvalue weighted by Gasteiger charge is -2.73. The molecule has 6 rings (SSSR count). The summed E-state index contributed by atoms with van der Waals surface area (Å²) in [5.41, 5.74) is 0.179. The number of esters is 2. The van der Waals surface area contributed by atoms with Crippen LogP contribution < -0.4 is 0 Å². The second-order valence-corrected chi connectivity index (χ2v) is 17.1. The van der Waals surface area contributed by atoms with E-state index in [4.69, 9.17) is 14.2 Å². The minimum absolute atomic E-state index is 0.00839. The van der Waals surface area contributed by atoms with E-state index in [9.17, 15) is 19.5 Å². The van der Waals surface area contributed by atoms with Gasteiger partial charge in [0.25, 0.3) is 0 Å². The third-order valence-electron chi connectivity index (χ3n) is 15.5. The van der Waals surface area contributed by atoms with Crippen molar-refractivity contribution in [1.82, 2.24) is 4.90 Å². The molecule has 11 atom stereocenters. The Labute approximate surface area is 276 Å². The molecule has 1 aliphatic heterocycles. The lowest BCUT2D eigenvalue weighted by molar-refractivity contribution is -0.257. The summed E-state index contributed by atoms with van der Waals surface area (Å²) in [6.07, 6.45) is 9.47. The van der Waals surface area contributed by atoms with Gasteiger partial charge in [-0.05, 0) is 116 Å². The van der Waals surface area contributed by atoms with Crippen LogP contribution in [0.2, 0.25) is 0 Å². The molecule has 0 bridgehead atoms. The number of hydrogen-bond donors (Lipinski definition) is 1. The van der Waals surface area contributed by atoms with Crippen LogP contribution in [0.1, 0.15) is 106 Å². The van der Waals surface area contributed by atoms with Crippen LogP contribution in [0.5, 0.6) is 0 Å². The van der Waals surface area contributed by atoms with Crippen LogP contribution in [0.3, 0.4) is 0 Å². The number of rotatable bonds is 6. The maximum absolute atomic E-state index is 14.6. The molecule has 5 saturated carbocycles. The maximum atomic E-state index is 14.6. The van der Waals surface area contributed by atoms with E-state index in [1.165, 1.54) is 13.8 Å². The molecule has 1 heterocycles. The van der Waals surface area contributed by atoms with Gasteiger partial charge in [-0.1, -0.05) is 34.3 Å². The number of carbonyl (C=O) groups is 3. The van der Waals surface area contributed by atoms with Crippen molar-refractivity contribution in [1.29, 1.82) is 0 Å². The Morgan fingerprint density at radius 3 is 2.22 bits per heavy atom. The van der Waals surface area contributed by atoms with Gasteiger partial charge in [0.15, 0.2) is 0 Å². The predicted octanol–water partition coefficient (Wildman–Crippen LogP) is 5.95. The Balaban J connectivity index is 1.36. The van der Waals surface area contributed by atoms with E-state index in [0.717, 1.165) is 69.8 Å². The van der Waals surface area contributed by atoms with Gasteiger partial charge in [-0.2, -0.15) is 0 Å². The monoisotopic (exact) mass is 641 g/mol. The highest BCUT2D eigenvalue weighted by molar-refractivity contribution is 5.84. The number of fused-ring (bicyclic) bond motifs is 7. The van der Waals surface area contributed by atoms with E-state index in [1.807, 2.05) is 0 Å². The van der Waals surface area contributed by atoms with Gasteiger partial charge in [0, 0.05) is 32.4 Å². The number of carbonyl (C=O) groups excluding carboxylic acids is 3. The van der Waals surface area contributed by atoms with Crippen molar-refractivity contribution in [3.63, 3.8) is 0 Å². The van der Waals surface area contributed by atoms with E-state index in [0.29, 0.717) is 44.0 Å². The summed E-state index contributed by atoms with van der Waals surface area (Å²) in [5, 5.41) is 10.3. The lowest BCUT2D eigenvalue weighted by Crippen LogP contribution is -2.68. The Morgan fingerprint density at radius 2 is 1.57 bits per heavy atom. The van der Waals surface area contributed by atoms with Crippen molar-refractivity contribution in [3.8, 4) is 0 Å². The SMILES string of the molecule is C=C(CO)[C@@H]1CC[C@]2(C(=O)N3CCOCC3)CC[C@]3(C)C(CCC4[C@@]5(C)CC[C@H](OC(C)=O)[C@@](C)(COC(C)=O)C5CC[C@]43C)C12. The van der Waals surface area contributed by atoms with E-state index in [-0.39, 0.29) is 70.7 Å². The van der Waals surface area contributed by atoms with Gasteiger partial charge in [0.1, 0.15) is 12.7 Å². The summed E-state index contributed by atoms with van der Waals surface area (Å²) in [6.45, 7) is 19.9. The summed E-state index contributed by atoms with van der Waals surface area (Å²) >= 11 is 0. The first-order valence-corrected chi connectivity index (χ1v) is 18.1. The van der Waals surface area contributed by atoms with Crippen molar-refractivity contribution in [3.05, 3.63) is 12.2 Å². The molecular formula is C38H59NO7. The zero-order chi connectivity index (χ0) is 33.3. The molecule has 0 aromatic rings. The van der Waals surface area contributed by atoms with Crippen molar-refractivity contribution in [2.45, 2.75) is 112 Å². The molecule has 1 amide bonds. The van der Waals surface area contributed by atoms with Gasteiger partial charge in [0.05, 0.1) is 25.2 Å². The molecule has 4 unspecified atom stereocenters. The molecule has 0 spiro atoms. The Morgan fingerprint density at radius 1 is 0.848 bits per heavy atom. The van der Waals surface area contributed by atoms with Crippen molar-refractivity contribution < 1.29 is 33.7 Å². The molecule has 0 aromatic carbocycles. The number of hydrogen-bond acceptors (Lipinski definition) is 7. The van der Waals surface area contributed by atoms with Crippen LogP contribution in [0.15, 0.2) is 12.2 Å². The fraction of sp³-hybridized carbons (Fsp3) is 0.868. The summed E-state index contributed by atoms with van der Waals surface area (Å²) in [6, 6.07) is 0. The van der Waals surface area contributed by atoms with E-state index in [1.54, 1.807) is 0 Å². The molecule has 8 nitrogen and oxygen atoms in total. The Hall–Kier alpha value is -1.93. The topological polar surface area (TPSA) is 102 Å². The van der Waals surface area contributed by atoms with Gasteiger partial charge in [-0.25, -0.2) is 0 Å². The molecular weight excluding hydrogens is 582 g/mol. The van der Waals surface area contributed by atoms with Gasteiger partial charge in [-0.15, -0.1) is 0 Å². The number of morpholine rings is 1. The summed E-state index contributed by atoms with van der Waals surface area (Å²) in [5.74, 6) is 1.22. The molecule has 6 fully saturated rings. The number of aliphatic hydroxyl groups excluding tert-OH is 1. The Kier molecular flexibility index (Phi) is 8.78. The maximum Gasteiger partial charge on any atom is 0.302 e. The zero-order valence-corrected chi connectivity index (χ0v) is 29.3. The van der Waals surface area contributed by atoms with Gasteiger partial charge >= 0.3 is 11.9 Å². The molecule has 0 radical (unpaired) electrons. The smallest absolute Gasteiger partial charge is 0.302 e. The number of amides is 1. The fourth-order valence-corrected chi connectivity index (χ4v) is 13.3. The zero-order valence-electron chi connectivity index (χ0n) is 29.3. The Bertz CT molecular complexity index is 1250. The fourth-order valence-electron chi connectivity index (χ4n) is 13.3. The second kappa shape index (κ2) is 11.9. The quantitative estimate of drug-likeness (QED) is 0.283. The van der Waals surface area contributed by atoms with E-state index >= 15 is 0 Å². The molecule has 8 heteroatoms. The molecule has 258 valence electrons. The average Bonchev–Trinajstić information content (AvgIpc) is 3.42. The first kappa shape index (κ1) is 34.0. The van der Waals surface area contributed by atoms with E-state index in [2.05, 4.69) is 39.2 Å². The van der Waals surface area contributed by atoms with E-state index < -0.39 is 5.41 Å². The van der Waals surface area contributed by atoms with Gasteiger partial charge in [-0.3, -0.25) is 14.4 Å². The van der Waals surface area contributed by atoms with Crippen LogP contribution in [-0.2, 0) is 28.6 Å². The van der Waals surface area contributed by atoms with Crippen LogP contribution >= 0.6 is 0 Å². The standard InChI is InChI=1S/C38H59NO7/c1-24(22-40)27-10-15-38(33(43)39-18-20-44-21-19-39)17-16-36(6)28(32(27)38)8-9-30-34(4)13-12-31(46-26(3)42)35(5,23-45-25(2)41)29(34)11-14-37(30,36)7/h27-32,40H,1,8-23H2,2-7H3/t27-,28?,29?,30?,31-,32?,34-,35-,36+,37+,38-/m0/s1. The summed E-state index contributed by atoms with van der Waals surface area (Å²) in [7, 11) is 0. The largest absolute Gasteiger partial charge is 0.465 e. The number of aliphatic hydroxyl groups is 1. The second-order valence-electron chi connectivity index (χ2n) is 17.1. The van der Waals surface area contributed by atoms with Crippen molar-refractivity contribution in [2.24, 2.45) is 56.7 Å². The van der Waals surface area contributed by atoms with Crippen LogP contribution in [0.25, 0.3) is 0 Å². The number of nitrogens with zero attached hydrogens (tertiary/aromatic N) is 1. The molecule has 1 saturated heterocycles. The first-order valence-electron chi connectivity index (χ1n) is 18.1. The first-order chi connectivity index (χ1) is 21.7. The number of ether oxygens (including phenoxy) is 3. The van der Waals surface area contributed by atoms with Crippen LogP contribution in [-0.4, -0.2) is 73.5 Å². The van der Waals surface area contributed by atoms with Crippen molar-refractivity contribution >= 4 is 17.8 Å². The summed E-state index contributed by atoms with van der Waals surface area (Å²) < 4.78 is 17.3. The highest BCUT2D eigenvalue weighted by atomic mass is 16.6. The van der Waals surface area contributed by atoms with Crippen molar-refractivity contribution in [2.75, 3.05) is 39.5 Å². The molecule has 0 aromatic heterocycles. The molecule has 1 N–H and O–H groups in total. The van der Waals surface area contributed by atoms with Crippen LogP contribution in [0, 0.1) is 56.7 Å². The minimum atomic E-state index is -0.453. The van der Waals surface area contributed by atoms with Gasteiger partial charge < -0.3 is 24.2 Å². The minimum Gasteiger partial charge on any atom is -0.465 e. The molecule has 6 aliphatic rings. The third-order valence-corrected chi connectivity index (χ3v) is 15.5. The molecule has 46 heavy (non-hydrogen) atoms. The third kappa shape index (κ3) is 4.84. The van der Waals surface area contributed by atoms with Crippen LogP contribution in [0.4, 0.5) is 0 Å². The van der Waals surface area contributed by atoms with Gasteiger partial charge in [0.2, 0.25) is 5.91 Å². The molecule has 5 aliphatic carbocycles. The average molecular weight is 642 g/mol. The normalized spacial score (nSPS) is 46.6. The highest BCUT2D eigenvalue weighted by Crippen LogP contribution is 2.77. The highest BCUT2D eigenvalue weighted by Gasteiger charge is 2.72.